The van der Waals surface area contributed by atoms with E-state index in [2.05, 4.69) is 29.9 Å². The molecule has 3 rings (SSSR count). The number of nitrogens with one attached hydrogen (secondary N) is 1. The van der Waals surface area contributed by atoms with Crippen LogP contribution in [0.4, 0.5) is 0 Å². The van der Waals surface area contributed by atoms with Gasteiger partial charge in [-0.3, -0.25) is 0 Å². The van der Waals surface area contributed by atoms with Crippen LogP contribution in [0.1, 0.15) is 30.6 Å². The van der Waals surface area contributed by atoms with Crippen molar-refractivity contribution in [1.29, 1.82) is 0 Å². The Morgan fingerprint density at radius 3 is 2.69 bits per heavy atom. The van der Waals surface area contributed by atoms with Crippen LogP contribution in [0.3, 0.4) is 0 Å². The van der Waals surface area contributed by atoms with Crippen molar-refractivity contribution >= 4 is 11.3 Å². The normalized spacial score (nSPS) is 34.4. The standard InChI is InChI=1S/C14H21NS/c1-15-13(9-10-5-4-8-16-10)14-11-6-2-3-7-12(11)14/h4-5,8,11-15H,2-3,6-7,9H2,1H3. The minimum Gasteiger partial charge on any atom is -0.316 e. The molecule has 2 aliphatic rings. The molecule has 1 aromatic heterocycles. The molecule has 2 aliphatic carbocycles. The molecule has 16 heavy (non-hydrogen) atoms. The Balaban J connectivity index is 1.63. The number of fused-ring (bicyclic) bond motifs is 1. The summed E-state index contributed by atoms with van der Waals surface area (Å²) in [6.45, 7) is 0. The first kappa shape index (κ1) is 10.8. The van der Waals surface area contributed by atoms with Gasteiger partial charge in [0, 0.05) is 10.9 Å². The van der Waals surface area contributed by atoms with E-state index in [1.54, 1.807) is 4.88 Å². The molecule has 2 fully saturated rings. The second-order valence-electron chi connectivity index (χ2n) is 5.37. The lowest BCUT2D eigenvalue weighted by molar-refractivity contribution is 0.462. The first-order chi connectivity index (χ1) is 7.90. The summed E-state index contributed by atoms with van der Waals surface area (Å²) < 4.78 is 0. The highest BCUT2D eigenvalue weighted by Gasteiger charge is 2.53. The number of hydrogen-bond acceptors (Lipinski definition) is 2. The number of rotatable bonds is 4. The molecule has 1 heterocycles. The van der Waals surface area contributed by atoms with E-state index in [9.17, 15) is 0 Å². The maximum Gasteiger partial charge on any atom is 0.0146 e. The number of hydrogen-bond donors (Lipinski definition) is 1. The summed E-state index contributed by atoms with van der Waals surface area (Å²) in [4.78, 5) is 1.54. The molecule has 0 aromatic carbocycles. The third-order valence-corrected chi connectivity index (χ3v) is 5.46. The molecule has 0 spiro atoms. The molecule has 0 amide bonds. The highest BCUT2D eigenvalue weighted by atomic mass is 32.1. The van der Waals surface area contributed by atoms with Gasteiger partial charge in [-0.1, -0.05) is 18.9 Å². The van der Waals surface area contributed by atoms with Crippen LogP contribution < -0.4 is 5.32 Å². The summed E-state index contributed by atoms with van der Waals surface area (Å²) in [5.74, 6) is 3.10. The predicted molar refractivity (Wildman–Crippen MR) is 69.8 cm³/mol. The fourth-order valence-corrected chi connectivity index (χ4v) is 4.49. The van der Waals surface area contributed by atoms with Crippen molar-refractivity contribution in [1.82, 2.24) is 5.32 Å². The first-order valence-electron chi connectivity index (χ1n) is 6.60. The predicted octanol–water partition coefficient (Wildman–Crippen LogP) is 3.31. The van der Waals surface area contributed by atoms with Gasteiger partial charge in [0.05, 0.1) is 0 Å². The Morgan fingerprint density at radius 1 is 1.38 bits per heavy atom. The van der Waals surface area contributed by atoms with Crippen LogP contribution >= 0.6 is 11.3 Å². The van der Waals surface area contributed by atoms with Gasteiger partial charge in [0.1, 0.15) is 0 Å². The average molecular weight is 235 g/mol. The summed E-state index contributed by atoms with van der Waals surface area (Å²) in [7, 11) is 2.14. The smallest absolute Gasteiger partial charge is 0.0146 e. The van der Waals surface area contributed by atoms with Gasteiger partial charge in [-0.2, -0.15) is 0 Å². The fourth-order valence-electron chi connectivity index (χ4n) is 3.72. The molecule has 3 unspecified atom stereocenters. The van der Waals surface area contributed by atoms with Crippen molar-refractivity contribution in [3.63, 3.8) is 0 Å². The molecule has 0 aliphatic heterocycles. The first-order valence-corrected chi connectivity index (χ1v) is 7.48. The van der Waals surface area contributed by atoms with Gasteiger partial charge in [-0.05, 0) is 55.5 Å². The van der Waals surface area contributed by atoms with E-state index in [4.69, 9.17) is 0 Å². The Labute approximate surface area is 102 Å². The molecule has 88 valence electrons. The van der Waals surface area contributed by atoms with Gasteiger partial charge < -0.3 is 5.32 Å². The largest absolute Gasteiger partial charge is 0.316 e. The van der Waals surface area contributed by atoms with Gasteiger partial charge in [-0.25, -0.2) is 0 Å². The molecule has 2 saturated carbocycles. The maximum absolute atomic E-state index is 3.57. The summed E-state index contributed by atoms with van der Waals surface area (Å²) in [6, 6.07) is 5.18. The summed E-state index contributed by atoms with van der Waals surface area (Å²) in [5, 5.41) is 5.76. The van der Waals surface area contributed by atoms with Gasteiger partial charge in [0.25, 0.3) is 0 Å². The Hall–Kier alpha value is -0.340. The van der Waals surface area contributed by atoms with Crippen LogP contribution in [0.5, 0.6) is 0 Å². The zero-order valence-corrected chi connectivity index (χ0v) is 10.8. The van der Waals surface area contributed by atoms with Crippen LogP contribution in [0, 0.1) is 17.8 Å². The van der Waals surface area contributed by atoms with E-state index in [1.165, 1.54) is 32.1 Å². The van der Waals surface area contributed by atoms with Crippen LogP contribution in [0.2, 0.25) is 0 Å². The Kier molecular flexibility index (Phi) is 3.03. The molecule has 0 saturated heterocycles. The molecule has 2 heteroatoms. The van der Waals surface area contributed by atoms with Crippen LogP contribution in [-0.4, -0.2) is 13.1 Å². The summed E-state index contributed by atoms with van der Waals surface area (Å²) in [5.41, 5.74) is 0. The summed E-state index contributed by atoms with van der Waals surface area (Å²) in [6.07, 6.45) is 7.20. The zero-order valence-electron chi connectivity index (χ0n) is 9.99. The molecule has 0 radical (unpaired) electrons. The van der Waals surface area contributed by atoms with Gasteiger partial charge in [0.2, 0.25) is 0 Å². The highest BCUT2D eigenvalue weighted by molar-refractivity contribution is 7.09. The fraction of sp³-hybridized carbons (Fsp3) is 0.714. The average Bonchev–Trinajstić information content (AvgIpc) is 2.81. The van der Waals surface area contributed by atoms with Crippen molar-refractivity contribution in [2.24, 2.45) is 17.8 Å². The molecule has 1 nitrogen and oxygen atoms in total. The lowest BCUT2D eigenvalue weighted by atomic mass is 10.0. The molecule has 3 atom stereocenters. The van der Waals surface area contributed by atoms with E-state index in [1.807, 2.05) is 11.3 Å². The number of likely N-dealkylation sites (N-methyl/N-ethyl adjacent to an activating group) is 1. The second kappa shape index (κ2) is 4.50. The van der Waals surface area contributed by atoms with Crippen LogP contribution in [0.15, 0.2) is 17.5 Å². The lowest BCUT2D eigenvalue weighted by Gasteiger charge is -2.15. The van der Waals surface area contributed by atoms with Gasteiger partial charge in [-0.15, -0.1) is 11.3 Å². The molecular weight excluding hydrogens is 214 g/mol. The van der Waals surface area contributed by atoms with Gasteiger partial charge in [0.15, 0.2) is 0 Å². The minimum atomic E-state index is 0.728. The molecule has 0 bridgehead atoms. The van der Waals surface area contributed by atoms with E-state index >= 15 is 0 Å². The van der Waals surface area contributed by atoms with E-state index in [0.717, 1.165) is 23.8 Å². The van der Waals surface area contributed by atoms with E-state index < -0.39 is 0 Å². The summed E-state index contributed by atoms with van der Waals surface area (Å²) >= 11 is 1.91. The van der Waals surface area contributed by atoms with Crippen LogP contribution in [0.25, 0.3) is 0 Å². The van der Waals surface area contributed by atoms with E-state index in [-0.39, 0.29) is 0 Å². The van der Waals surface area contributed by atoms with Crippen molar-refractivity contribution in [3.05, 3.63) is 22.4 Å². The van der Waals surface area contributed by atoms with Crippen molar-refractivity contribution in [2.75, 3.05) is 7.05 Å². The molecule has 1 N–H and O–H groups in total. The quantitative estimate of drug-likeness (QED) is 0.844. The minimum absolute atomic E-state index is 0.728. The topological polar surface area (TPSA) is 12.0 Å². The lowest BCUT2D eigenvalue weighted by Crippen LogP contribution is -2.30. The Morgan fingerprint density at radius 2 is 2.12 bits per heavy atom. The van der Waals surface area contributed by atoms with E-state index in [0.29, 0.717) is 0 Å². The third-order valence-electron chi connectivity index (χ3n) is 4.56. The van der Waals surface area contributed by atoms with Crippen molar-refractivity contribution in [3.8, 4) is 0 Å². The second-order valence-corrected chi connectivity index (χ2v) is 6.40. The zero-order chi connectivity index (χ0) is 11.0. The number of thiophene rings is 1. The van der Waals surface area contributed by atoms with Crippen LogP contribution in [-0.2, 0) is 6.42 Å². The Bertz CT molecular complexity index is 321. The van der Waals surface area contributed by atoms with Gasteiger partial charge >= 0.3 is 0 Å². The van der Waals surface area contributed by atoms with Crippen molar-refractivity contribution in [2.45, 2.75) is 38.1 Å². The third kappa shape index (κ3) is 1.93. The SMILES string of the molecule is CNC(Cc1cccs1)C1C2CCCCC21. The monoisotopic (exact) mass is 235 g/mol. The van der Waals surface area contributed by atoms with Crippen molar-refractivity contribution < 1.29 is 0 Å². The molecular formula is C14H21NS. The molecule has 1 aromatic rings. The maximum atomic E-state index is 3.57. The highest BCUT2D eigenvalue weighted by Crippen LogP contribution is 2.57.